The lowest BCUT2D eigenvalue weighted by Gasteiger charge is -2.17. The Morgan fingerprint density at radius 3 is 2.45 bits per heavy atom. The summed E-state index contributed by atoms with van der Waals surface area (Å²) in [6.45, 7) is -0.643. The molecule has 2 atom stereocenters. The van der Waals surface area contributed by atoms with Crippen molar-refractivity contribution in [3.63, 3.8) is 0 Å². The maximum Gasteiger partial charge on any atom is 0.377 e. The van der Waals surface area contributed by atoms with Crippen LogP contribution in [-0.2, 0) is 14.3 Å². The molecule has 0 aromatic heterocycles. The topological polar surface area (TPSA) is 154 Å². The highest BCUT2D eigenvalue weighted by Gasteiger charge is 2.39. The number of esters is 2. The van der Waals surface area contributed by atoms with Gasteiger partial charge in [0, 0.05) is 0 Å². The maximum atomic E-state index is 11.7. The first-order valence-electron chi connectivity index (χ1n) is 6.01. The molecule has 0 amide bonds. The summed E-state index contributed by atoms with van der Waals surface area (Å²) < 4.78 is 9.22. The Kier molecular flexibility index (Phi) is 4.08. The largest absolute Gasteiger partial charge is 0.505 e. The van der Waals surface area contributed by atoms with Crippen LogP contribution >= 0.6 is 0 Å². The number of hydrogen-bond acceptors (Lipinski definition) is 9. The molecule has 0 spiro atoms. The second-order valence-corrected chi connectivity index (χ2v) is 4.43. The van der Waals surface area contributed by atoms with Gasteiger partial charge in [-0.1, -0.05) is 0 Å². The second-order valence-electron chi connectivity index (χ2n) is 4.43. The molecule has 9 nitrogen and oxygen atoms in total. The second kappa shape index (κ2) is 5.82. The highest BCUT2D eigenvalue weighted by Crippen LogP contribution is 2.25. The van der Waals surface area contributed by atoms with Crippen molar-refractivity contribution in [1.29, 1.82) is 0 Å². The van der Waals surface area contributed by atoms with Crippen LogP contribution in [-0.4, -0.2) is 56.3 Å². The monoisotopic (exact) mass is 312 g/mol. The van der Waals surface area contributed by atoms with Crippen molar-refractivity contribution in [1.82, 2.24) is 0 Å². The number of benzene rings is 1. The molecular formula is C13H12O9. The molecule has 22 heavy (non-hydrogen) atoms. The van der Waals surface area contributed by atoms with Crippen molar-refractivity contribution >= 4 is 11.9 Å². The van der Waals surface area contributed by atoms with E-state index >= 15 is 0 Å². The Morgan fingerprint density at radius 2 is 1.91 bits per heavy atom. The summed E-state index contributed by atoms with van der Waals surface area (Å²) in [6, 6.07) is 3.22. The molecule has 0 fully saturated rings. The van der Waals surface area contributed by atoms with E-state index in [9.17, 15) is 24.9 Å². The Hall–Kier alpha value is -2.94. The minimum Gasteiger partial charge on any atom is -0.505 e. The average Bonchev–Trinajstić information content (AvgIpc) is 2.75. The van der Waals surface area contributed by atoms with Crippen LogP contribution in [0, 0.1) is 0 Å². The number of aliphatic hydroxyl groups is 3. The molecule has 5 N–H and O–H groups in total. The third-order valence-electron chi connectivity index (χ3n) is 2.89. The van der Waals surface area contributed by atoms with Gasteiger partial charge in [0.1, 0.15) is 12.7 Å². The molecule has 1 aromatic rings. The Morgan fingerprint density at radius 1 is 1.23 bits per heavy atom. The molecule has 1 aliphatic rings. The lowest BCUT2D eigenvalue weighted by Crippen LogP contribution is -2.33. The summed E-state index contributed by atoms with van der Waals surface area (Å²) in [5.41, 5.74) is -0.0893. The molecular weight excluding hydrogens is 300 g/mol. The van der Waals surface area contributed by atoms with Gasteiger partial charge in [0.2, 0.25) is 5.76 Å². The number of carbonyl (C=O) groups excluding carboxylic acids is 2. The van der Waals surface area contributed by atoms with Gasteiger partial charge in [0.15, 0.2) is 23.4 Å². The molecule has 1 aromatic carbocycles. The summed E-state index contributed by atoms with van der Waals surface area (Å²) >= 11 is 0. The van der Waals surface area contributed by atoms with Gasteiger partial charge in [-0.05, 0) is 18.2 Å². The Balaban J connectivity index is 1.96. The van der Waals surface area contributed by atoms with Crippen LogP contribution in [0.25, 0.3) is 0 Å². The van der Waals surface area contributed by atoms with E-state index in [1.54, 1.807) is 0 Å². The Labute approximate surface area is 123 Å². The van der Waals surface area contributed by atoms with Gasteiger partial charge in [-0.15, -0.1) is 0 Å². The van der Waals surface area contributed by atoms with E-state index in [4.69, 9.17) is 14.9 Å². The summed E-state index contributed by atoms with van der Waals surface area (Å²) in [5, 5.41) is 46.5. The molecule has 118 valence electrons. The lowest BCUT2D eigenvalue weighted by atomic mass is 10.2. The van der Waals surface area contributed by atoms with Crippen LogP contribution in [0.2, 0.25) is 0 Å². The molecule has 2 rings (SSSR count). The molecule has 0 saturated carbocycles. The first-order chi connectivity index (χ1) is 10.3. The third-order valence-corrected chi connectivity index (χ3v) is 2.89. The fourth-order valence-electron chi connectivity index (χ4n) is 1.71. The number of phenolic OH excluding ortho intramolecular Hbond substituents is 2. The summed E-state index contributed by atoms with van der Waals surface area (Å²) in [5.74, 6) is -4.93. The van der Waals surface area contributed by atoms with E-state index < -0.39 is 53.8 Å². The molecule has 0 bridgehead atoms. The van der Waals surface area contributed by atoms with Crippen LogP contribution in [0.5, 0.6) is 11.5 Å². The van der Waals surface area contributed by atoms with E-state index in [2.05, 4.69) is 4.74 Å². The summed E-state index contributed by atoms with van der Waals surface area (Å²) in [7, 11) is 0. The van der Waals surface area contributed by atoms with Crippen LogP contribution in [0.1, 0.15) is 10.4 Å². The fourth-order valence-corrected chi connectivity index (χ4v) is 1.71. The number of cyclic esters (lactones) is 1. The van der Waals surface area contributed by atoms with Gasteiger partial charge in [-0.3, -0.25) is 0 Å². The van der Waals surface area contributed by atoms with Crippen molar-refractivity contribution in [2.24, 2.45) is 0 Å². The van der Waals surface area contributed by atoms with Gasteiger partial charge < -0.3 is 35.0 Å². The quantitative estimate of drug-likeness (QED) is 0.377. The van der Waals surface area contributed by atoms with Crippen LogP contribution in [0.4, 0.5) is 0 Å². The zero-order valence-electron chi connectivity index (χ0n) is 11.0. The molecule has 9 heteroatoms. The van der Waals surface area contributed by atoms with Gasteiger partial charge in [-0.25, -0.2) is 9.59 Å². The van der Waals surface area contributed by atoms with Crippen LogP contribution in [0.15, 0.2) is 29.7 Å². The SMILES string of the molecule is O=C1O[C@H]([C@@H](O)COC(=O)c2ccc(O)c(O)c2)C(O)=C1O. The summed E-state index contributed by atoms with van der Waals surface area (Å²) in [4.78, 5) is 22.6. The van der Waals surface area contributed by atoms with E-state index in [0.717, 1.165) is 12.1 Å². The van der Waals surface area contributed by atoms with Gasteiger partial charge >= 0.3 is 11.9 Å². The van der Waals surface area contributed by atoms with Crippen molar-refractivity contribution in [3.8, 4) is 11.5 Å². The number of ether oxygens (including phenoxy) is 2. The van der Waals surface area contributed by atoms with E-state index in [1.165, 1.54) is 6.07 Å². The van der Waals surface area contributed by atoms with Crippen molar-refractivity contribution in [2.75, 3.05) is 6.61 Å². The van der Waals surface area contributed by atoms with E-state index in [1.807, 2.05) is 0 Å². The predicted octanol–water partition coefficient (Wildman–Crippen LogP) is -0.132. The van der Waals surface area contributed by atoms with Crippen molar-refractivity contribution in [3.05, 3.63) is 35.3 Å². The number of hydrogen-bond donors (Lipinski definition) is 5. The standard InChI is InChI=1S/C13H12O9/c14-6-2-1-5(3-7(6)15)12(19)21-4-8(16)11-9(17)10(18)13(20)22-11/h1-3,8,11,14-18H,4H2/t8-,11+/m0/s1. The van der Waals surface area contributed by atoms with Crippen LogP contribution < -0.4 is 0 Å². The van der Waals surface area contributed by atoms with Gasteiger partial charge in [-0.2, -0.15) is 0 Å². The number of aliphatic hydroxyl groups excluding tert-OH is 3. The fraction of sp³-hybridized carbons (Fsp3) is 0.231. The van der Waals surface area contributed by atoms with E-state index in [0.29, 0.717) is 0 Å². The normalized spacial score (nSPS) is 19.0. The molecule has 0 aliphatic carbocycles. The summed E-state index contributed by atoms with van der Waals surface area (Å²) in [6.07, 6.45) is -3.13. The van der Waals surface area contributed by atoms with Gasteiger partial charge in [0.25, 0.3) is 0 Å². The smallest absolute Gasteiger partial charge is 0.377 e. The highest BCUT2D eigenvalue weighted by molar-refractivity contribution is 5.90. The first-order valence-corrected chi connectivity index (χ1v) is 6.01. The molecule has 1 heterocycles. The predicted molar refractivity (Wildman–Crippen MR) is 68.2 cm³/mol. The van der Waals surface area contributed by atoms with Crippen molar-refractivity contribution < 1.29 is 44.6 Å². The number of rotatable bonds is 4. The molecule has 0 unspecified atom stereocenters. The molecule has 0 saturated heterocycles. The Bertz CT molecular complexity index is 649. The number of phenols is 2. The average molecular weight is 312 g/mol. The van der Waals surface area contributed by atoms with Gasteiger partial charge in [0.05, 0.1) is 5.56 Å². The highest BCUT2D eigenvalue weighted by atomic mass is 16.6. The number of aromatic hydroxyl groups is 2. The molecule has 0 radical (unpaired) electrons. The maximum absolute atomic E-state index is 11.7. The van der Waals surface area contributed by atoms with Crippen molar-refractivity contribution in [2.45, 2.75) is 12.2 Å². The first kappa shape index (κ1) is 15.4. The third kappa shape index (κ3) is 2.88. The zero-order chi connectivity index (χ0) is 16.4. The lowest BCUT2D eigenvalue weighted by molar-refractivity contribution is -0.147. The van der Waals surface area contributed by atoms with Crippen LogP contribution in [0.3, 0.4) is 0 Å². The zero-order valence-corrected chi connectivity index (χ0v) is 11.0. The minimum atomic E-state index is -1.59. The minimum absolute atomic E-state index is 0.0893. The van der Waals surface area contributed by atoms with E-state index in [-0.39, 0.29) is 5.56 Å². The number of carbonyl (C=O) groups is 2. The molecule has 1 aliphatic heterocycles.